The summed E-state index contributed by atoms with van der Waals surface area (Å²) in [5, 5.41) is 5.95. The van der Waals surface area contributed by atoms with Gasteiger partial charge in [-0.05, 0) is 85.4 Å². The minimum Gasteiger partial charge on any atom is -0.383 e. The van der Waals surface area contributed by atoms with Crippen LogP contribution in [0.2, 0.25) is 0 Å². The first-order valence-corrected chi connectivity index (χ1v) is 20.2. The number of hydrogen-bond donors (Lipinski definition) is 1. The average Bonchev–Trinajstić information content (AvgIpc) is 3.33. The molecule has 4 heteroatoms. The van der Waals surface area contributed by atoms with E-state index in [9.17, 15) is 0 Å². The Hall–Kier alpha value is -7.95. The van der Waals surface area contributed by atoms with Crippen LogP contribution in [0, 0.1) is 0 Å². The second kappa shape index (κ2) is 16.1. The zero-order chi connectivity index (χ0) is 40.3. The molecule has 0 aliphatic heterocycles. The summed E-state index contributed by atoms with van der Waals surface area (Å²) in [6.07, 6.45) is 0. The van der Waals surface area contributed by atoms with E-state index in [1.807, 2.05) is 54.6 Å². The standard InChI is InChI=1S/C56H40N4/c57-55(44-16-5-2-6-17-44)60-56(58-37-38-13-3-1-4-14-38)49-35-47(41-25-23-40(24-26-41)46-32-29-39-15-7-8-18-45(39)33-46)34-48(36-49)42-27-30-43(31-28-42)54-52-21-10-9-19-50(52)51-20-11-12-22-53(51)59-54/h1-36H,37H2,(H2,57,58,60). The van der Waals surface area contributed by atoms with Crippen LogP contribution in [0.3, 0.4) is 0 Å². The van der Waals surface area contributed by atoms with Crippen LogP contribution in [0.4, 0.5) is 0 Å². The Morgan fingerprint density at radius 2 is 0.933 bits per heavy atom. The van der Waals surface area contributed by atoms with Crippen molar-refractivity contribution in [3.8, 4) is 44.6 Å². The minimum absolute atomic E-state index is 0.411. The van der Waals surface area contributed by atoms with E-state index in [0.717, 1.165) is 72.1 Å². The van der Waals surface area contributed by atoms with E-state index in [0.29, 0.717) is 18.2 Å². The van der Waals surface area contributed by atoms with Crippen LogP contribution in [-0.4, -0.2) is 16.7 Å². The highest BCUT2D eigenvalue weighted by molar-refractivity contribution is 6.12. The maximum Gasteiger partial charge on any atom is 0.157 e. The summed E-state index contributed by atoms with van der Waals surface area (Å²) in [4.78, 5) is 15.3. The Bertz CT molecular complexity index is 3200. The van der Waals surface area contributed by atoms with Gasteiger partial charge in [-0.2, -0.15) is 0 Å². The molecular formula is C56H40N4. The quantitative estimate of drug-likeness (QED) is 0.0950. The molecule has 0 amide bonds. The molecule has 1 aromatic heterocycles. The molecule has 10 rings (SSSR count). The molecule has 60 heavy (non-hydrogen) atoms. The number of rotatable bonds is 8. The fourth-order valence-corrected chi connectivity index (χ4v) is 7.99. The first-order valence-electron chi connectivity index (χ1n) is 20.2. The number of nitrogens with two attached hydrogens (primary N) is 1. The van der Waals surface area contributed by atoms with E-state index in [1.54, 1.807) is 0 Å². The van der Waals surface area contributed by atoms with E-state index in [-0.39, 0.29) is 0 Å². The van der Waals surface area contributed by atoms with Crippen LogP contribution in [-0.2, 0) is 6.54 Å². The summed E-state index contributed by atoms with van der Waals surface area (Å²) in [6.45, 7) is 0.461. The molecule has 4 nitrogen and oxygen atoms in total. The first kappa shape index (κ1) is 36.4. The molecule has 0 radical (unpaired) electrons. The normalized spacial score (nSPS) is 12.0. The molecular weight excluding hydrogens is 729 g/mol. The number of aromatic nitrogens is 1. The topological polar surface area (TPSA) is 63.6 Å². The Labute approximate surface area is 349 Å². The van der Waals surface area contributed by atoms with E-state index in [4.69, 9.17) is 20.7 Å². The van der Waals surface area contributed by atoms with Gasteiger partial charge < -0.3 is 5.73 Å². The van der Waals surface area contributed by atoms with Gasteiger partial charge in [0, 0.05) is 27.5 Å². The molecule has 0 bridgehead atoms. The fraction of sp³-hybridized carbons (Fsp3) is 0.0179. The van der Waals surface area contributed by atoms with Crippen LogP contribution in [0.5, 0.6) is 0 Å². The summed E-state index contributed by atoms with van der Waals surface area (Å²) in [6, 6.07) is 76.3. The molecule has 2 N–H and O–H groups in total. The third-order valence-electron chi connectivity index (χ3n) is 11.1. The van der Waals surface area contributed by atoms with E-state index < -0.39 is 0 Å². The molecule has 0 fully saturated rings. The smallest absolute Gasteiger partial charge is 0.157 e. The monoisotopic (exact) mass is 768 g/mol. The lowest BCUT2D eigenvalue weighted by molar-refractivity contribution is 1.06. The fourth-order valence-electron chi connectivity index (χ4n) is 7.99. The summed E-state index contributed by atoms with van der Waals surface area (Å²) in [5.41, 5.74) is 19.2. The Kier molecular flexibility index (Phi) is 9.78. The molecule has 10 aromatic rings. The van der Waals surface area contributed by atoms with Gasteiger partial charge in [-0.25, -0.2) is 9.98 Å². The maximum absolute atomic E-state index is 6.72. The van der Waals surface area contributed by atoms with Crippen molar-refractivity contribution in [1.29, 1.82) is 0 Å². The van der Waals surface area contributed by atoms with Gasteiger partial charge in [-0.1, -0.05) is 188 Å². The van der Waals surface area contributed by atoms with Gasteiger partial charge >= 0.3 is 0 Å². The second-order valence-electron chi connectivity index (χ2n) is 15.0. The average molecular weight is 769 g/mol. The van der Waals surface area contributed by atoms with Crippen molar-refractivity contribution in [2.75, 3.05) is 0 Å². The number of benzene rings is 9. The van der Waals surface area contributed by atoms with Gasteiger partial charge in [0.2, 0.25) is 0 Å². The zero-order valence-corrected chi connectivity index (χ0v) is 32.9. The SMILES string of the molecule is NC(=NC(=NCc1ccccc1)c1cc(-c2ccc(-c3ccc4ccccc4c3)cc2)cc(-c2ccc(-c3nc4ccccc4c4ccccc34)cc2)c1)c1ccccc1. The molecule has 284 valence electrons. The molecule has 0 aliphatic carbocycles. The van der Waals surface area contributed by atoms with Crippen LogP contribution in [0.1, 0.15) is 16.7 Å². The predicted octanol–water partition coefficient (Wildman–Crippen LogP) is 13.6. The highest BCUT2D eigenvalue weighted by atomic mass is 15.0. The number of fused-ring (bicyclic) bond motifs is 4. The van der Waals surface area contributed by atoms with Crippen LogP contribution < -0.4 is 5.73 Å². The third-order valence-corrected chi connectivity index (χ3v) is 11.1. The lowest BCUT2D eigenvalue weighted by Crippen LogP contribution is -2.16. The summed E-state index contributed by atoms with van der Waals surface area (Å²) < 4.78 is 0. The first-order chi connectivity index (χ1) is 29.6. The van der Waals surface area contributed by atoms with Gasteiger partial charge in [0.05, 0.1) is 17.8 Å². The summed E-state index contributed by atoms with van der Waals surface area (Å²) in [7, 11) is 0. The maximum atomic E-state index is 6.72. The number of aliphatic imine (C=N–C) groups is 2. The lowest BCUT2D eigenvalue weighted by Gasteiger charge is -2.14. The van der Waals surface area contributed by atoms with Crippen molar-refractivity contribution in [3.05, 3.63) is 235 Å². The van der Waals surface area contributed by atoms with Gasteiger partial charge in [-0.3, -0.25) is 4.99 Å². The zero-order valence-electron chi connectivity index (χ0n) is 32.9. The number of hydrogen-bond acceptors (Lipinski definition) is 2. The van der Waals surface area contributed by atoms with Crippen molar-refractivity contribution in [1.82, 2.24) is 4.98 Å². The van der Waals surface area contributed by atoms with Crippen LogP contribution in [0.25, 0.3) is 77.1 Å². The predicted molar refractivity (Wildman–Crippen MR) is 252 cm³/mol. The second-order valence-corrected chi connectivity index (χ2v) is 15.0. The number of pyridine rings is 1. The molecule has 0 unspecified atom stereocenters. The summed E-state index contributed by atoms with van der Waals surface area (Å²) in [5.74, 6) is 0.980. The van der Waals surface area contributed by atoms with Crippen molar-refractivity contribution >= 4 is 44.1 Å². The van der Waals surface area contributed by atoms with Crippen molar-refractivity contribution < 1.29 is 0 Å². The molecule has 0 saturated carbocycles. The van der Waals surface area contributed by atoms with E-state index in [2.05, 4.69) is 164 Å². The number of amidine groups is 2. The van der Waals surface area contributed by atoms with Crippen molar-refractivity contribution in [3.63, 3.8) is 0 Å². The highest BCUT2D eigenvalue weighted by Gasteiger charge is 2.14. The highest BCUT2D eigenvalue weighted by Crippen LogP contribution is 2.35. The summed E-state index contributed by atoms with van der Waals surface area (Å²) >= 11 is 0. The van der Waals surface area contributed by atoms with E-state index in [1.165, 1.54) is 21.7 Å². The number of nitrogens with zero attached hydrogens (tertiary/aromatic N) is 3. The molecule has 0 aliphatic rings. The molecule has 0 saturated heterocycles. The van der Waals surface area contributed by atoms with Gasteiger partial charge in [0.15, 0.2) is 5.84 Å². The molecule has 9 aromatic carbocycles. The molecule has 0 atom stereocenters. The Morgan fingerprint density at radius 3 is 1.63 bits per heavy atom. The largest absolute Gasteiger partial charge is 0.383 e. The van der Waals surface area contributed by atoms with E-state index >= 15 is 0 Å². The van der Waals surface area contributed by atoms with Crippen molar-refractivity contribution in [2.24, 2.45) is 15.7 Å². The van der Waals surface area contributed by atoms with Gasteiger partial charge in [0.1, 0.15) is 5.84 Å². The van der Waals surface area contributed by atoms with Gasteiger partial charge in [0.25, 0.3) is 0 Å². The van der Waals surface area contributed by atoms with Crippen LogP contribution >= 0.6 is 0 Å². The van der Waals surface area contributed by atoms with Gasteiger partial charge in [-0.15, -0.1) is 0 Å². The lowest BCUT2D eigenvalue weighted by atomic mass is 9.93. The number of para-hydroxylation sites is 1. The Balaban J connectivity index is 1.09. The van der Waals surface area contributed by atoms with Crippen molar-refractivity contribution in [2.45, 2.75) is 6.54 Å². The molecule has 1 heterocycles. The molecule has 0 spiro atoms. The third kappa shape index (κ3) is 7.46. The van der Waals surface area contributed by atoms with Crippen LogP contribution in [0.15, 0.2) is 228 Å². The minimum atomic E-state index is 0.411. The Morgan fingerprint density at radius 1 is 0.400 bits per heavy atom.